The molecule has 2 bridgehead atoms. The highest BCUT2D eigenvalue weighted by Gasteiger charge is 2.48. The van der Waals surface area contributed by atoms with Crippen LogP contribution in [0.25, 0.3) is 0 Å². The number of nitrogens with one attached hydrogen (secondary N) is 1. The van der Waals surface area contributed by atoms with E-state index in [1.54, 1.807) is 13.2 Å². The van der Waals surface area contributed by atoms with E-state index in [2.05, 4.69) is 40.8 Å². The van der Waals surface area contributed by atoms with Gasteiger partial charge < -0.3 is 19.5 Å². The van der Waals surface area contributed by atoms with Gasteiger partial charge in [0.05, 0.1) is 23.1 Å². The van der Waals surface area contributed by atoms with Gasteiger partial charge in [0, 0.05) is 49.2 Å². The van der Waals surface area contributed by atoms with Crippen LogP contribution >= 0.6 is 11.6 Å². The number of allylic oxidation sites excluding steroid dienone is 1. The summed E-state index contributed by atoms with van der Waals surface area (Å²) in [4.78, 5) is 15.9. The molecule has 1 amide bonds. The summed E-state index contributed by atoms with van der Waals surface area (Å²) in [6.45, 7) is 6.08. The van der Waals surface area contributed by atoms with Crippen LogP contribution in [0.5, 0.6) is 5.75 Å². The van der Waals surface area contributed by atoms with Crippen molar-refractivity contribution in [2.45, 2.75) is 75.1 Å². The van der Waals surface area contributed by atoms with Crippen LogP contribution in [0.1, 0.15) is 73.9 Å². The summed E-state index contributed by atoms with van der Waals surface area (Å²) in [5.41, 5.74) is 3.14. The van der Waals surface area contributed by atoms with Crippen LogP contribution in [0.4, 0.5) is 5.69 Å². The largest absolute Gasteiger partial charge is 0.490 e. The Hall–Kier alpha value is -2.39. The fourth-order valence-electron chi connectivity index (χ4n) is 7.99. The molecule has 2 aromatic carbocycles. The molecule has 0 saturated heterocycles. The van der Waals surface area contributed by atoms with Crippen molar-refractivity contribution in [1.29, 1.82) is 0 Å². The summed E-state index contributed by atoms with van der Waals surface area (Å²) in [5, 5.41) is 10.7. The lowest BCUT2D eigenvalue weighted by atomic mass is 9.63. The van der Waals surface area contributed by atoms with E-state index in [9.17, 15) is 14.1 Å². The van der Waals surface area contributed by atoms with Gasteiger partial charge in [-0.3, -0.25) is 9.52 Å². The molecule has 5 unspecified atom stereocenters. The molecule has 2 aliphatic carbocycles. The first kappa shape index (κ1) is 31.6. The maximum atomic E-state index is 13.4. The van der Waals surface area contributed by atoms with Crippen molar-refractivity contribution in [2.75, 3.05) is 38.3 Å². The summed E-state index contributed by atoms with van der Waals surface area (Å²) in [6, 6.07) is 11.9. The predicted octanol–water partition coefficient (Wildman–Crippen LogP) is 5.98. The third-order valence-electron chi connectivity index (χ3n) is 10.9. The first-order chi connectivity index (χ1) is 21.2. The van der Waals surface area contributed by atoms with E-state index >= 15 is 0 Å². The van der Waals surface area contributed by atoms with Gasteiger partial charge in [-0.25, -0.2) is 4.21 Å². The zero-order valence-electron chi connectivity index (χ0n) is 26.0. The molecule has 44 heavy (non-hydrogen) atoms. The number of ether oxygens (including phenoxy) is 2. The number of fused-ring (bicyclic) bond motifs is 4. The van der Waals surface area contributed by atoms with E-state index in [0.717, 1.165) is 61.7 Å². The molecule has 0 radical (unpaired) electrons. The summed E-state index contributed by atoms with van der Waals surface area (Å²) < 4.78 is 28.9. The Morgan fingerprint density at radius 2 is 2.05 bits per heavy atom. The van der Waals surface area contributed by atoms with E-state index in [1.807, 2.05) is 25.1 Å². The smallest absolute Gasteiger partial charge is 0.263 e. The number of aliphatic hydroxyl groups is 1. The van der Waals surface area contributed by atoms with Crippen LogP contribution < -0.4 is 14.4 Å². The van der Waals surface area contributed by atoms with E-state index in [-0.39, 0.29) is 35.0 Å². The van der Waals surface area contributed by atoms with E-state index in [0.29, 0.717) is 30.9 Å². The lowest BCUT2D eigenvalue weighted by Crippen LogP contribution is -2.53. The highest BCUT2D eigenvalue weighted by Crippen LogP contribution is 2.49. The number of halogens is 1. The molecule has 0 aromatic heterocycles. The maximum absolute atomic E-state index is 13.4. The highest BCUT2D eigenvalue weighted by molar-refractivity contribution is 7.84. The second-order valence-electron chi connectivity index (χ2n) is 13.4. The van der Waals surface area contributed by atoms with Gasteiger partial charge in [-0.05, 0) is 105 Å². The van der Waals surface area contributed by atoms with Crippen LogP contribution in [0, 0.1) is 17.8 Å². The number of nitrogens with zero attached hydrogens (tertiary/aromatic N) is 1. The van der Waals surface area contributed by atoms with Gasteiger partial charge in [0.25, 0.3) is 5.91 Å². The number of carbonyl (C=O) groups excluding carboxylic acids is 1. The molecular formula is C35H45ClN2O5S. The number of rotatable bonds is 3. The molecule has 1 fully saturated rings. The first-order valence-electron chi connectivity index (χ1n) is 16.0. The molecular weight excluding hydrogens is 596 g/mol. The van der Waals surface area contributed by atoms with Crippen molar-refractivity contribution in [3.8, 4) is 5.75 Å². The molecule has 9 heteroatoms. The fraction of sp³-hybridized carbons (Fsp3) is 0.571. The van der Waals surface area contributed by atoms with Gasteiger partial charge in [-0.2, -0.15) is 0 Å². The zero-order valence-corrected chi connectivity index (χ0v) is 27.6. The zero-order chi connectivity index (χ0) is 31.1. The monoisotopic (exact) mass is 640 g/mol. The summed E-state index contributed by atoms with van der Waals surface area (Å²) >= 11 is 6.44. The third-order valence-corrected chi connectivity index (χ3v) is 12.7. The normalized spacial score (nSPS) is 34.5. The Bertz CT molecular complexity index is 1450. The molecule has 1 saturated carbocycles. The van der Waals surface area contributed by atoms with Gasteiger partial charge in [0.2, 0.25) is 0 Å². The topological polar surface area (TPSA) is 88.1 Å². The molecule has 2 aliphatic heterocycles. The second-order valence-corrected chi connectivity index (χ2v) is 15.4. The summed E-state index contributed by atoms with van der Waals surface area (Å²) in [5.74, 6) is 1.05. The SMILES string of the molecule is CO[C@]1(CCO)/C=C/CC(C)C(C)S(=O)NC(=O)c2ccc3c(c2)N(CC2CCC21)C[C@@]1(CCCc2cc(Cl)ccc21)CO3. The van der Waals surface area contributed by atoms with Crippen molar-refractivity contribution < 1.29 is 23.6 Å². The standard InChI is InChI=1S/C35H45ClN2O5S/c1-23-6-4-15-35(42-3,16-17-39)30-11-8-27(30)20-38-21-34(14-5-7-25-18-28(36)10-12-29(25)34)22-43-32-13-9-26(19-31(32)38)33(40)37-44(41)24(23)2/h4,9-10,12-13,15,18-19,23-24,27,30,39H,5-8,11,14,16-17,20-22H2,1-3H3,(H,37,40)/b15-4+/t23?,24?,27?,30?,34-,35-,44?/m0/s1. The number of benzene rings is 2. The summed E-state index contributed by atoms with van der Waals surface area (Å²) in [7, 11) is 0.200. The molecule has 238 valence electrons. The number of aryl methyl sites for hydroxylation is 1. The molecule has 7 nitrogen and oxygen atoms in total. The van der Waals surface area contributed by atoms with E-state index in [1.165, 1.54) is 11.1 Å². The number of anilines is 1. The van der Waals surface area contributed by atoms with Crippen molar-refractivity contribution >= 4 is 34.2 Å². The molecule has 1 spiro atoms. The van der Waals surface area contributed by atoms with Crippen molar-refractivity contribution in [3.63, 3.8) is 0 Å². The lowest BCUT2D eigenvalue weighted by Gasteiger charge is -2.50. The number of aliphatic hydroxyl groups excluding tert-OH is 1. The second kappa shape index (κ2) is 12.8. The first-order valence-corrected chi connectivity index (χ1v) is 17.6. The Morgan fingerprint density at radius 3 is 2.80 bits per heavy atom. The van der Waals surface area contributed by atoms with Crippen LogP contribution in [0.2, 0.25) is 5.02 Å². The molecule has 2 heterocycles. The van der Waals surface area contributed by atoms with Gasteiger partial charge in [-0.1, -0.05) is 36.7 Å². The lowest BCUT2D eigenvalue weighted by molar-refractivity contribution is -0.0864. The predicted molar refractivity (Wildman–Crippen MR) is 176 cm³/mol. The van der Waals surface area contributed by atoms with Crippen LogP contribution in [-0.2, 0) is 27.6 Å². The van der Waals surface area contributed by atoms with Gasteiger partial charge in [0.1, 0.15) is 16.7 Å². The average molecular weight is 641 g/mol. The number of methoxy groups -OCH3 is 1. The Morgan fingerprint density at radius 1 is 1.20 bits per heavy atom. The quantitative estimate of drug-likeness (QED) is 0.401. The number of hydrogen-bond donors (Lipinski definition) is 2. The molecule has 4 aliphatic rings. The Balaban J connectivity index is 1.44. The third kappa shape index (κ3) is 5.83. The number of hydrogen-bond acceptors (Lipinski definition) is 6. The minimum atomic E-state index is -1.55. The number of carbonyl (C=O) groups is 1. The number of amides is 1. The highest BCUT2D eigenvalue weighted by atomic mass is 35.5. The van der Waals surface area contributed by atoms with E-state index < -0.39 is 16.6 Å². The van der Waals surface area contributed by atoms with Crippen molar-refractivity contribution in [3.05, 3.63) is 70.3 Å². The van der Waals surface area contributed by atoms with E-state index in [4.69, 9.17) is 21.1 Å². The Labute approximate surface area is 268 Å². The minimum Gasteiger partial charge on any atom is -0.490 e. The van der Waals surface area contributed by atoms with Crippen LogP contribution in [0.15, 0.2) is 48.6 Å². The fourth-order valence-corrected chi connectivity index (χ4v) is 9.20. The molecule has 2 aromatic rings. The molecule has 6 rings (SSSR count). The minimum absolute atomic E-state index is 0.0373. The van der Waals surface area contributed by atoms with Gasteiger partial charge >= 0.3 is 0 Å². The van der Waals surface area contributed by atoms with Crippen LogP contribution in [0.3, 0.4) is 0 Å². The molecule has 2 N–H and O–H groups in total. The van der Waals surface area contributed by atoms with Crippen LogP contribution in [-0.4, -0.2) is 59.5 Å². The average Bonchev–Trinajstić information content (AvgIpc) is 3.15. The maximum Gasteiger partial charge on any atom is 0.263 e. The van der Waals surface area contributed by atoms with Crippen molar-refractivity contribution in [2.24, 2.45) is 17.8 Å². The van der Waals surface area contributed by atoms with Gasteiger partial charge in [-0.15, -0.1) is 0 Å². The molecule has 7 atom stereocenters. The van der Waals surface area contributed by atoms with Crippen molar-refractivity contribution in [1.82, 2.24) is 4.72 Å². The Kier molecular flexibility index (Phi) is 9.17. The van der Waals surface area contributed by atoms with Gasteiger partial charge in [0.15, 0.2) is 0 Å². The summed E-state index contributed by atoms with van der Waals surface area (Å²) in [6.07, 6.45) is 10.6.